The Bertz CT molecular complexity index is 1180. The molecule has 2 atom stereocenters. The number of aromatic nitrogens is 2. The van der Waals surface area contributed by atoms with Crippen LogP contribution in [-0.4, -0.2) is 53.7 Å². The van der Waals surface area contributed by atoms with Gasteiger partial charge in [-0.15, -0.1) is 11.3 Å². The fourth-order valence-electron chi connectivity index (χ4n) is 4.15. The molecular weight excluding hydrogens is 452 g/mol. The topological polar surface area (TPSA) is 93.7 Å². The van der Waals surface area contributed by atoms with Crippen LogP contribution in [0.15, 0.2) is 48.0 Å². The Hall–Kier alpha value is -3.30. The van der Waals surface area contributed by atoms with Crippen molar-refractivity contribution in [2.75, 3.05) is 24.6 Å². The predicted octanol–water partition coefficient (Wildman–Crippen LogP) is 3.67. The van der Waals surface area contributed by atoms with E-state index in [1.807, 2.05) is 48.7 Å². The van der Waals surface area contributed by atoms with Gasteiger partial charge in [-0.2, -0.15) is 0 Å². The number of ether oxygens (including phenoxy) is 2. The van der Waals surface area contributed by atoms with Crippen LogP contribution in [0.1, 0.15) is 26.2 Å². The molecular formula is C25H26N4O4S. The maximum Gasteiger partial charge on any atom is 0.268 e. The monoisotopic (exact) mass is 478 g/mol. The number of hydrogen-bond acceptors (Lipinski definition) is 7. The molecule has 2 aromatic heterocycles. The van der Waals surface area contributed by atoms with Crippen LogP contribution in [0.25, 0.3) is 22.0 Å². The summed E-state index contributed by atoms with van der Waals surface area (Å²) in [7, 11) is 0. The lowest BCUT2D eigenvalue weighted by molar-refractivity contribution is -0.129. The molecule has 2 aliphatic heterocycles. The average Bonchev–Trinajstić information content (AvgIpc) is 3.57. The molecule has 2 unspecified atom stereocenters. The van der Waals surface area contributed by atoms with Crippen LogP contribution < -0.4 is 15.0 Å². The number of hydrogen-bond donors (Lipinski definition) is 1. The Balaban J connectivity index is 1.39. The molecule has 176 valence electrons. The molecule has 0 saturated carbocycles. The van der Waals surface area contributed by atoms with Crippen LogP contribution in [0.5, 0.6) is 5.75 Å². The second-order valence-electron chi connectivity index (χ2n) is 8.31. The molecule has 1 N–H and O–H groups in total. The van der Waals surface area contributed by atoms with Crippen molar-refractivity contribution in [2.45, 2.75) is 38.4 Å². The van der Waals surface area contributed by atoms with E-state index in [4.69, 9.17) is 14.5 Å². The highest BCUT2D eigenvalue weighted by Crippen LogP contribution is 2.38. The molecule has 0 radical (unpaired) electrons. The van der Waals surface area contributed by atoms with Gasteiger partial charge in [0.25, 0.3) is 5.91 Å². The van der Waals surface area contributed by atoms with Crippen molar-refractivity contribution in [2.24, 2.45) is 0 Å². The molecule has 0 aliphatic carbocycles. The highest BCUT2D eigenvalue weighted by molar-refractivity contribution is 7.13. The summed E-state index contributed by atoms with van der Waals surface area (Å²) in [6, 6.07) is 11.4. The summed E-state index contributed by atoms with van der Waals surface area (Å²) in [6.45, 7) is 3.01. The van der Waals surface area contributed by atoms with Crippen LogP contribution in [0.3, 0.4) is 0 Å². The molecule has 8 nitrogen and oxygen atoms in total. The number of pyridine rings is 1. The summed E-state index contributed by atoms with van der Waals surface area (Å²) < 4.78 is 11.5. The summed E-state index contributed by atoms with van der Waals surface area (Å²) in [4.78, 5) is 36.5. The van der Waals surface area contributed by atoms with Crippen LogP contribution in [0.2, 0.25) is 0 Å². The number of nitrogens with zero attached hydrogens (tertiary/aromatic N) is 3. The number of benzene rings is 1. The smallest absolute Gasteiger partial charge is 0.268 e. The number of anilines is 1. The molecule has 0 spiro atoms. The summed E-state index contributed by atoms with van der Waals surface area (Å²) in [5.74, 6) is 0.150. The zero-order valence-corrected chi connectivity index (χ0v) is 19.7. The van der Waals surface area contributed by atoms with Crippen molar-refractivity contribution in [1.82, 2.24) is 15.3 Å². The van der Waals surface area contributed by atoms with E-state index in [-0.39, 0.29) is 24.5 Å². The highest BCUT2D eigenvalue weighted by atomic mass is 32.1. The number of amides is 2. The molecule has 1 saturated heterocycles. The number of nitrogens with one attached hydrogen (secondary N) is 1. The fourth-order valence-corrected chi connectivity index (χ4v) is 4.95. The zero-order chi connectivity index (χ0) is 23.5. The second kappa shape index (κ2) is 9.90. The van der Waals surface area contributed by atoms with Gasteiger partial charge in [-0.1, -0.05) is 13.0 Å². The minimum absolute atomic E-state index is 0.0459. The fraction of sp³-hybridized carbons (Fsp3) is 0.360. The van der Waals surface area contributed by atoms with E-state index in [1.165, 1.54) is 16.2 Å². The summed E-state index contributed by atoms with van der Waals surface area (Å²) in [5.41, 5.74) is 3.01. The maximum absolute atomic E-state index is 13.1. The molecule has 2 aliphatic rings. The Kier molecular flexibility index (Phi) is 6.55. The van der Waals surface area contributed by atoms with Gasteiger partial charge in [0, 0.05) is 30.3 Å². The Morgan fingerprint density at radius 3 is 2.94 bits per heavy atom. The van der Waals surface area contributed by atoms with Gasteiger partial charge in [0.05, 0.1) is 23.2 Å². The lowest BCUT2D eigenvalue weighted by Gasteiger charge is -2.34. The van der Waals surface area contributed by atoms with Gasteiger partial charge in [-0.05, 0) is 49.6 Å². The van der Waals surface area contributed by atoms with E-state index >= 15 is 0 Å². The van der Waals surface area contributed by atoms with Crippen LogP contribution >= 0.6 is 11.3 Å². The largest absolute Gasteiger partial charge is 0.478 e. The van der Waals surface area contributed by atoms with Gasteiger partial charge in [-0.25, -0.2) is 4.98 Å². The third-order valence-electron chi connectivity index (χ3n) is 5.97. The van der Waals surface area contributed by atoms with Crippen molar-refractivity contribution in [3.8, 4) is 27.7 Å². The first-order valence-electron chi connectivity index (χ1n) is 11.5. The first-order valence-corrected chi connectivity index (χ1v) is 12.4. The normalized spacial score (nSPS) is 19.6. The number of thiazole rings is 1. The standard InChI is InChI=1S/C25H26N4O4S/c1-2-21-25(31)29(14-23(30)27-13-17-6-5-11-32-17)20-12-16(8-9-22(20)33-21)19-15-34-24(28-19)18-7-3-4-10-26-18/h3-4,7-10,12,15,17,21H,2,5-6,11,13-14H2,1H3,(H,27,30). The summed E-state index contributed by atoms with van der Waals surface area (Å²) in [6.07, 6.45) is 3.64. The number of carbonyl (C=O) groups is 2. The molecule has 0 bridgehead atoms. The average molecular weight is 479 g/mol. The van der Waals surface area contributed by atoms with Gasteiger partial charge < -0.3 is 14.8 Å². The van der Waals surface area contributed by atoms with E-state index in [0.717, 1.165) is 41.4 Å². The Morgan fingerprint density at radius 2 is 2.18 bits per heavy atom. The molecule has 2 amide bonds. The molecule has 34 heavy (non-hydrogen) atoms. The van der Waals surface area contributed by atoms with Crippen molar-refractivity contribution in [3.05, 3.63) is 48.0 Å². The second-order valence-corrected chi connectivity index (χ2v) is 9.17. The lowest BCUT2D eigenvalue weighted by Crippen LogP contribution is -2.50. The van der Waals surface area contributed by atoms with Crippen LogP contribution in [-0.2, 0) is 14.3 Å². The minimum atomic E-state index is -0.612. The van der Waals surface area contributed by atoms with Gasteiger partial charge in [0.1, 0.15) is 17.3 Å². The van der Waals surface area contributed by atoms with Gasteiger partial charge >= 0.3 is 0 Å². The van der Waals surface area contributed by atoms with Gasteiger partial charge in [0.2, 0.25) is 5.91 Å². The van der Waals surface area contributed by atoms with Crippen molar-refractivity contribution in [3.63, 3.8) is 0 Å². The van der Waals surface area contributed by atoms with Crippen molar-refractivity contribution in [1.29, 1.82) is 0 Å². The SMILES string of the molecule is CCC1Oc2ccc(-c3csc(-c4ccccn4)n3)cc2N(CC(=O)NCC2CCCO2)C1=O. The zero-order valence-electron chi connectivity index (χ0n) is 18.9. The quantitative estimate of drug-likeness (QED) is 0.557. The van der Waals surface area contributed by atoms with E-state index in [9.17, 15) is 9.59 Å². The maximum atomic E-state index is 13.1. The van der Waals surface area contributed by atoms with E-state index in [0.29, 0.717) is 24.4 Å². The molecule has 1 aromatic carbocycles. The molecule has 5 rings (SSSR count). The van der Waals surface area contributed by atoms with Crippen molar-refractivity contribution >= 4 is 28.8 Å². The van der Waals surface area contributed by atoms with E-state index in [2.05, 4.69) is 10.3 Å². The third kappa shape index (κ3) is 4.67. The Labute approximate surface area is 201 Å². The third-order valence-corrected chi connectivity index (χ3v) is 6.83. The Morgan fingerprint density at radius 1 is 1.26 bits per heavy atom. The first-order chi connectivity index (χ1) is 16.6. The number of rotatable bonds is 7. The highest BCUT2D eigenvalue weighted by Gasteiger charge is 2.35. The lowest BCUT2D eigenvalue weighted by atomic mass is 10.1. The predicted molar refractivity (Wildman–Crippen MR) is 130 cm³/mol. The molecule has 1 fully saturated rings. The molecule has 9 heteroatoms. The molecule has 3 aromatic rings. The van der Waals surface area contributed by atoms with E-state index in [1.54, 1.807) is 6.20 Å². The minimum Gasteiger partial charge on any atom is -0.478 e. The summed E-state index contributed by atoms with van der Waals surface area (Å²) in [5, 5.41) is 5.69. The van der Waals surface area contributed by atoms with Gasteiger partial charge in [-0.3, -0.25) is 19.5 Å². The number of carbonyl (C=O) groups excluding carboxylic acids is 2. The molecule has 4 heterocycles. The number of fused-ring (bicyclic) bond motifs is 1. The summed E-state index contributed by atoms with van der Waals surface area (Å²) >= 11 is 1.51. The van der Waals surface area contributed by atoms with Crippen LogP contribution in [0.4, 0.5) is 5.69 Å². The van der Waals surface area contributed by atoms with Gasteiger partial charge in [0.15, 0.2) is 6.10 Å². The van der Waals surface area contributed by atoms with E-state index < -0.39 is 6.10 Å². The van der Waals surface area contributed by atoms with Crippen LogP contribution in [0, 0.1) is 0 Å². The first kappa shape index (κ1) is 22.5. The van der Waals surface area contributed by atoms with Crippen molar-refractivity contribution < 1.29 is 19.1 Å².